The van der Waals surface area contributed by atoms with Crippen LogP contribution in [0.5, 0.6) is 0 Å². The molecule has 0 unspecified atom stereocenters. The van der Waals surface area contributed by atoms with Crippen molar-refractivity contribution >= 4 is 17.4 Å². The second-order valence-corrected chi connectivity index (χ2v) is 4.23. The van der Waals surface area contributed by atoms with Gasteiger partial charge in [0.25, 0.3) is 5.69 Å². The summed E-state index contributed by atoms with van der Waals surface area (Å²) in [7, 11) is 0. The summed E-state index contributed by atoms with van der Waals surface area (Å²) in [5.41, 5.74) is 0.488. The van der Waals surface area contributed by atoms with E-state index in [0.29, 0.717) is 11.3 Å². The fourth-order valence-corrected chi connectivity index (χ4v) is 1.99. The average molecular weight is 229 g/mol. The maximum absolute atomic E-state index is 13.0. The first kappa shape index (κ1) is 12.0. The van der Waals surface area contributed by atoms with Crippen LogP contribution in [0.3, 0.4) is 0 Å². The molecule has 0 saturated carbocycles. The van der Waals surface area contributed by atoms with Gasteiger partial charge in [-0.2, -0.15) is 11.8 Å². The lowest BCUT2D eigenvalue weighted by Crippen LogP contribution is -1.92. The third-order valence-corrected chi connectivity index (χ3v) is 3.00. The van der Waals surface area contributed by atoms with E-state index in [1.165, 1.54) is 12.1 Å². The Hall–Kier alpha value is -1.10. The van der Waals surface area contributed by atoms with Crippen molar-refractivity contribution in [2.45, 2.75) is 19.1 Å². The molecule has 0 aliphatic heterocycles. The quantitative estimate of drug-likeness (QED) is 0.441. The largest absolute Gasteiger partial charge is 0.272 e. The molecule has 0 aliphatic rings. The van der Waals surface area contributed by atoms with Crippen molar-refractivity contribution in [2.24, 2.45) is 0 Å². The van der Waals surface area contributed by atoms with Crippen molar-refractivity contribution < 1.29 is 9.31 Å². The minimum atomic E-state index is -0.572. The van der Waals surface area contributed by atoms with Crippen molar-refractivity contribution in [3.05, 3.63) is 39.7 Å². The summed E-state index contributed by atoms with van der Waals surface area (Å²) in [5, 5.41) is 10.5. The highest BCUT2D eigenvalue weighted by molar-refractivity contribution is 7.98. The fraction of sp³-hybridized carbons (Fsp3) is 0.400. The molecule has 0 aromatic heterocycles. The second-order valence-electron chi connectivity index (χ2n) is 3.13. The number of non-ortho nitro benzene ring substituents is 1. The molecule has 1 rings (SSSR count). The predicted octanol–water partition coefficient (Wildman–Crippen LogP) is 3.38. The minimum Gasteiger partial charge on any atom is -0.258 e. The molecule has 0 amide bonds. The molecule has 1 aromatic rings. The molecule has 82 valence electrons. The lowest BCUT2D eigenvalue weighted by atomic mass is 10.2. The number of nitro groups is 1. The van der Waals surface area contributed by atoms with Crippen LogP contribution in [0.2, 0.25) is 0 Å². The van der Waals surface area contributed by atoms with Gasteiger partial charge in [-0.3, -0.25) is 10.1 Å². The summed E-state index contributed by atoms with van der Waals surface area (Å²) in [4.78, 5) is 9.90. The van der Waals surface area contributed by atoms with Gasteiger partial charge >= 0.3 is 0 Å². The normalized spacial score (nSPS) is 10.3. The third kappa shape index (κ3) is 3.87. The topological polar surface area (TPSA) is 43.1 Å². The van der Waals surface area contributed by atoms with Gasteiger partial charge in [0.05, 0.1) is 11.0 Å². The Bertz CT molecular complexity index is 357. The molecule has 0 heterocycles. The van der Waals surface area contributed by atoms with Crippen LogP contribution in [0, 0.1) is 15.9 Å². The maximum Gasteiger partial charge on any atom is 0.272 e. The van der Waals surface area contributed by atoms with E-state index in [2.05, 4.69) is 6.92 Å². The van der Waals surface area contributed by atoms with E-state index < -0.39 is 10.7 Å². The van der Waals surface area contributed by atoms with E-state index >= 15 is 0 Å². The SMILES string of the molecule is CCCSCc1cc(F)cc([N+](=O)[O-])c1. The molecule has 5 heteroatoms. The highest BCUT2D eigenvalue weighted by Gasteiger charge is 2.09. The molecule has 0 fully saturated rings. The summed E-state index contributed by atoms with van der Waals surface area (Å²) >= 11 is 1.65. The van der Waals surface area contributed by atoms with Crippen LogP contribution in [-0.2, 0) is 5.75 Å². The van der Waals surface area contributed by atoms with Crippen LogP contribution in [0.15, 0.2) is 18.2 Å². The smallest absolute Gasteiger partial charge is 0.258 e. The molecule has 0 spiro atoms. The fourth-order valence-electron chi connectivity index (χ4n) is 1.16. The van der Waals surface area contributed by atoms with Gasteiger partial charge in [0.2, 0.25) is 0 Å². The molecule has 0 aliphatic carbocycles. The molecule has 0 atom stereocenters. The number of nitrogens with zero attached hydrogens (tertiary/aromatic N) is 1. The zero-order chi connectivity index (χ0) is 11.3. The van der Waals surface area contributed by atoms with Gasteiger partial charge in [-0.15, -0.1) is 0 Å². The Morgan fingerprint density at radius 2 is 2.20 bits per heavy atom. The Balaban J connectivity index is 2.75. The van der Waals surface area contributed by atoms with Crippen molar-refractivity contribution in [1.82, 2.24) is 0 Å². The molecule has 0 saturated heterocycles. The van der Waals surface area contributed by atoms with Gasteiger partial charge in [-0.1, -0.05) is 6.92 Å². The highest BCUT2D eigenvalue weighted by atomic mass is 32.2. The standard InChI is InChI=1S/C10H12FNO2S/c1-2-3-15-7-8-4-9(11)6-10(5-8)12(13)14/h4-6H,2-3,7H2,1H3. The van der Waals surface area contributed by atoms with Crippen LogP contribution >= 0.6 is 11.8 Å². The summed E-state index contributed by atoms with van der Waals surface area (Å²) < 4.78 is 13.0. The average Bonchev–Trinajstić information content (AvgIpc) is 2.17. The molecular weight excluding hydrogens is 217 g/mol. The Morgan fingerprint density at radius 3 is 2.80 bits per heavy atom. The van der Waals surface area contributed by atoms with Crippen LogP contribution in [0.25, 0.3) is 0 Å². The summed E-state index contributed by atoms with van der Waals surface area (Å²) in [5.74, 6) is 1.05. The number of halogens is 1. The molecule has 1 aromatic carbocycles. The first-order chi connectivity index (χ1) is 7.13. The van der Waals surface area contributed by atoms with Crippen LogP contribution < -0.4 is 0 Å². The zero-order valence-electron chi connectivity index (χ0n) is 8.40. The van der Waals surface area contributed by atoms with Crippen LogP contribution in [-0.4, -0.2) is 10.7 Å². The Labute approximate surface area is 91.8 Å². The van der Waals surface area contributed by atoms with Gasteiger partial charge in [-0.05, 0) is 23.8 Å². The van der Waals surface area contributed by atoms with E-state index in [4.69, 9.17) is 0 Å². The first-order valence-corrected chi connectivity index (χ1v) is 5.80. The van der Waals surface area contributed by atoms with Gasteiger partial charge in [-0.25, -0.2) is 4.39 Å². The highest BCUT2D eigenvalue weighted by Crippen LogP contribution is 2.20. The Morgan fingerprint density at radius 1 is 1.47 bits per heavy atom. The van der Waals surface area contributed by atoms with E-state index in [9.17, 15) is 14.5 Å². The lowest BCUT2D eigenvalue weighted by Gasteiger charge is -2.01. The molecular formula is C10H12FNO2S. The van der Waals surface area contributed by atoms with Crippen LogP contribution in [0.4, 0.5) is 10.1 Å². The number of nitro benzene ring substituents is 1. The monoisotopic (exact) mass is 229 g/mol. The molecule has 0 radical (unpaired) electrons. The molecule has 0 bridgehead atoms. The van der Waals surface area contributed by atoms with E-state index in [1.54, 1.807) is 11.8 Å². The lowest BCUT2D eigenvalue weighted by molar-refractivity contribution is -0.385. The second kappa shape index (κ2) is 5.70. The number of hydrogen-bond donors (Lipinski definition) is 0. The predicted molar refractivity (Wildman–Crippen MR) is 59.5 cm³/mol. The number of thioether (sulfide) groups is 1. The number of rotatable bonds is 5. The van der Waals surface area contributed by atoms with E-state index in [-0.39, 0.29) is 5.69 Å². The third-order valence-electron chi connectivity index (χ3n) is 1.77. The van der Waals surface area contributed by atoms with Gasteiger partial charge < -0.3 is 0 Å². The summed E-state index contributed by atoms with van der Waals surface area (Å²) in [6.07, 6.45) is 1.04. The molecule has 3 nitrogen and oxygen atoms in total. The van der Waals surface area contributed by atoms with Gasteiger partial charge in [0, 0.05) is 11.8 Å². The summed E-state index contributed by atoms with van der Waals surface area (Å²) in [6.45, 7) is 2.06. The first-order valence-electron chi connectivity index (χ1n) is 4.65. The van der Waals surface area contributed by atoms with E-state index in [1.807, 2.05) is 0 Å². The van der Waals surface area contributed by atoms with Crippen molar-refractivity contribution in [3.8, 4) is 0 Å². The van der Waals surface area contributed by atoms with E-state index in [0.717, 1.165) is 18.2 Å². The van der Waals surface area contributed by atoms with Crippen molar-refractivity contribution in [3.63, 3.8) is 0 Å². The molecule has 0 N–H and O–H groups in total. The van der Waals surface area contributed by atoms with Gasteiger partial charge in [0.15, 0.2) is 0 Å². The summed E-state index contributed by atoms with van der Waals surface area (Å²) in [6, 6.07) is 3.70. The van der Waals surface area contributed by atoms with Crippen LogP contribution in [0.1, 0.15) is 18.9 Å². The molecule has 15 heavy (non-hydrogen) atoms. The van der Waals surface area contributed by atoms with Gasteiger partial charge in [0.1, 0.15) is 5.82 Å². The van der Waals surface area contributed by atoms with Crippen molar-refractivity contribution in [1.29, 1.82) is 0 Å². The minimum absolute atomic E-state index is 0.179. The Kier molecular flexibility index (Phi) is 4.55. The zero-order valence-corrected chi connectivity index (χ0v) is 9.22. The maximum atomic E-state index is 13.0. The number of benzene rings is 1. The number of hydrogen-bond acceptors (Lipinski definition) is 3. The van der Waals surface area contributed by atoms with Crippen molar-refractivity contribution in [2.75, 3.05) is 5.75 Å².